The Balaban J connectivity index is 1.09. The summed E-state index contributed by atoms with van der Waals surface area (Å²) in [6, 6.07) is 15.7. The number of nitrogens with one attached hydrogen (secondary N) is 1. The van der Waals surface area contributed by atoms with Gasteiger partial charge in [-0.05, 0) is 48.5 Å². The zero-order valence-electron chi connectivity index (χ0n) is 23.3. The van der Waals surface area contributed by atoms with Gasteiger partial charge in [0, 0.05) is 17.8 Å². The average molecular weight is 589 g/mol. The molecule has 0 spiro atoms. The van der Waals surface area contributed by atoms with Crippen LogP contribution in [0, 0.1) is 0 Å². The molecule has 2 aromatic carbocycles. The average Bonchev–Trinajstić information content (AvgIpc) is 3.83. The predicted molar refractivity (Wildman–Crippen MR) is 157 cm³/mol. The molecule has 5 aromatic heterocycles. The van der Waals surface area contributed by atoms with Crippen molar-refractivity contribution in [2.45, 2.75) is 26.2 Å². The van der Waals surface area contributed by atoms with E-state index in [-0.39, 0.29) is 13.2 Å². The van der Waals surface area contributed by atoms with Crippen molar-refractivity contribution in [2.75, 3.05) is 13.2 Å². The van der Waals surface area contributed by atoms with Crippen molar-refractivity contribution in [1.29, 1.82) is 0 Å². The van der Waals surface area contributed by atoms with Crippen LogP contribution in [0.4, 0.5) is 0 Å². The Morgan fingerprint density at radius 1 is 0.705 bits per heavy atom. The van der Waals surface area contributed by atoms with Gasteiger partial charge >= 0.3 is 0 Å². The maximum atomic E-state index is 5.99. The van der Waals surface area contributed by atoms with Gasteiger partial charge in [-0.3, -0.25) is 9.13 Å². The van der Waals surface area contributed by atoms with Gasteiger partial charge in [0.15, 0.2) is 11.6 Å². The minimum Gasteiger partial charge on any atom is -0.493 e. The predicted octanol–water partition coefficient (Wildman–Crippen LogP) is 4.57. The van der Waals surface area contributed by atoms with Crippen molar-refractivity contribution < 1.29 is 23.6 Å². The fraction of sp³-hybridized carbons (Fsp3) is 0.194. The van der Waals surface area contributed by atoms with E-state index in [1.807, 2.05) is 57.7 Å². The molecule has 0 atom stereocenters. The molecule has 0 fully saturated rings. The standard InChI is InChI=1S/C31H24N8O5/c1-10-41-20-6-2-18(3-7-20)38-24-14-32-26(36-28(24)22-12-34-43-30(22)38)16-40-17-27-33-15-25-29(37-27)23-13-35-44-31(23)39(25)19-4-8-21(9-5-19)42-11-1/h2-9,12,14-15,35H,1,10-11,13,16-17H2. The topological polar surface area (TPSA) is 136 Å². The van der Waals surface area contributed by atoms with Crippen molar-refractivity contribution in [1.82, 2.24) is 39.7 Å². The fourth-order valence-electron chi connectivity index (χ4n) is 5.73. The van der Waals surface area contributed by atoms with E-state index in [0.29, 0.717) is 43.0 Å². The molecule has 12 bridgehead atoms. The van der Waals surface area contributed by atoms with Gasteiger partial charge in [0.05, 0.1) is 60.3 Å². The fourth-order valence-corrected chi connectivity index (χ4v) is 5.73. The molecule has 0 amide bonds. The molecule has 9 aliphatic heterocycles. The molecule has 16 rings (SSSR count). The van der Waals surface area contributed by atoms with Gasteiger partial charge in [-0.25, -0.2) is 19.9 Å². The third-order valence-electron chi connectivity index (χ3n) is 7.77. The number of nitrogens with zero attached hydrogens (tertiary/aromatic N) is 7. The number of benzene rings is 2. The van der Waals surface area contributed by atoms with Crippen molar-refractivity contribution in [3.8, 4) is 28.8 Å². The number of hydroxylamine groups is 1. The van der Waals surface area contributed by atoms with Gasteiger partial charge in [-0.1, -0.05) is 5.16 Å². The Morgan fingerprint density at radius 3 is 2.05 bits per heavy atom. The van der Waals surface area contributed by atoms with Crippen LogP contribution in [-0.2, 0) is 24.5 Å². The highest BCUT2D eigenvalue weighted by Crippen LogP contribution is 2.37. The van der Waals surface area contributed by atoms with Crippen molar-refractivity contribution in [3.63, 3.8) is 0 Å². The van der Waals surface area contributed by atoms with Crippen molar-refractivity contribution in [3.05, 3.63) is 84.3 Å². The van der Waals surface area contributed by atoms with Crippen LogP contribution in [0.5, 0.6) is 17.4 Å². The van der Waals surface area contributed by atoms with E-state index in [4.69, 9.17) is 33.5 Å². The van der Waals surface area contributed by atoms with Gasteiger partial charge in [0.2, 0.25) is 11.6 Å². The molecule has 13 heteroatoms. The van der Waals surface area contributed by atoms with Gasteiger partial charge in [0.25, 0.3) is 0 Å². The summed E-state index contributed by atoms with van der Waals surface area (Å²) in [7, 11) is 0. The first-order valence-corrected chi connectivity index (χ1v) is 14.2. The third kappa shape index (κ3) is 4.05. The summed E-state index contributed by atoms with van der Waals surface area (Å²) in [5.41, 5.74) is 9.49. The SMILES string of the molecule is c1cc2ccc1OCCCOc1ccc(cc1)-n1c3cnc(nc3c3cnoc31)COCc1ncc3c(n1)c1c(n3-2)ONC1. The number of hydrogen-bond acceptors (Lipinski definition) is 11. The van der Waals surface area contributed by atoms with Crippen LogP contribution in [0.2, 0.25) is 0 Å². The second-order valence-corrected chi connectivity index (χ2v) is 10.5. The lowest BCUT2D eigenvalue weighted by atomic mass is 10.3. The van der Waals surface area contributed by atoms with E-state index in [1.54, 1.807) is 18.6 Å². The molecule has 0 saturated carbocycles. The number of rotatable bonds is 0. The molecule has 0 aliphatic carbocycles. The van der Waals surface area contributed by atoms with Crippen molar-refractivity contribution in [2.24, 2.45) is 0 Å². The van der Waals surface area contributed by atoms with Gasteiger partial charge in [0.1, 0.15) is 35.7 Å². The molecular weight excluding hydrogens is 564 g/mol. The summed E-state index contributed by atoms with van der Waals surface area (Å²) in [4.78, 5) is 24.6. The van der Waals surface area contributed by atoms with Crippen LogP contribution < -0.4 is 19.8 Å². The van der Waals surface area contributed by atoms with Crippen LogP contribution in [-0.4, -0.2) is 47.4 Å². The third-order valence-corrected chi connectivity index (χ3v) is 7.77. The Labute approximate surface area is 248 Å². The highest BCUT2D eigenvalue weighted by atomic mass is 16.7. The summed E-state index contributed by atoms with van der Waals surface area (Å²) in [5, 5.41) is 4.81. The molecule has 218 valence electrons. The van der Waals surface area contributed by atoms with E-state index >= 15 is 0 Å². The number of hydrogen-bond donors (Lipinski definition) is 1. The second kappa shape index (κ2) is 10.0. The first-order chi connectivity index (χ1) is 21.8. The van der Waals surface area contributed by atoms with Crippen LogP contribution >= 0.6 is 0 Å². The monoisotopic (exact) mass is 588 g/mol. The smallest absolute Gasteiger partial charge is 0.245 e. The summed E-state index contributed by atoms with van der Waals surface area (Å²) in [6.07, 6.45) is 5.97. The van der Waals surface area contributed by atoms with E-state index in [2.05, 4.69) is 20.6 Å². The number of ether oxygens (including phenoxy) is 3. The Bertz CT molecular complexity index is 2170. The highest BCUT2D eigenvalue weighted by molar-refractivity contribution is 6.04. The molecule has 0 saturated heterocycles. The molecule has 0 radical (unpaired) electrons. The Morgan fingerprint density at radius 2 is 1.34 bits per heavy atom. The maximum Gasteiger partial charge on any atom is 0.245 e. The van der Waals surface area contributed by atoms with E-state index in [1.165, 1.54) is 0 Å². The lowest BCUT2D eigenvalue weighted by Gasteiger charge is -2.12. The lowest BCUT2D eigenvalue weighted by Crippen LogP contribution is -2.11. The summed E-state index contributed by atoms with van der Waals surface area (Å²) in [6.45, 7) is 1.94. The van der Waals surface area contributed by atoms with Crippen LogP contribution in [0.15, 0.2) is 71.6 Å². The molecule has 14 heterocycles. The van der Waals surface area contributed by atoms with Crippen molar-refractivity contribution >= 4 is 33.2 Å². The van der Waals surface area contributed by atoms with E-state index < -0.39 is 0 Å². The minimum atomic E-state index is 0.180. The summed E-state index contributed by atoms with van der Waals surface area (Å²) in [5.74, 6) is 3.31. The Kier molecular flexibility index (Phi) is 5.70. The zero-order chi connectivity index (χ0) is 29.0. The minimum absolute atomic E-state index is 0.180. The quantitative estimate of drug-likeness (QED) is 0.267. The molecule has 0 unspecified atom stereocenters. The van der Waals surface area contributed by atoms with Gasteiger partial charge in [-0.2, -0.15) is 5.48 Å². The van der Waals surface area contributed by atoms with Crippen LogP contribution in [0.1, 0.15) is 23.6 Å². The van der Waals surface area contributed by atoms with Gasteiger partial charge < -0.3 is 23.6 Å². The Hall–Kier alpha value is -5.53. The summed E-state index contributed by atoms with van der Waals surface area (Å²) < 4.78 is 27.5. The second-order valence-electron chi connectivity index (χ2n) is 10.5. The molecule has 7 aromatic rings. The zero-order valence-corrected chi connectivity index (χ0v) is 23.3. The van der Waals surface area contributed by atoms with Gasteiger partial charge in [-0.15, -0.1) is 0 Å². The van der Waals surface area contributed by atoms with Crippen LogP contribution in [0.25, 0.3) is 44.5 Å². The maximum absolute atomic E-state index is 5.99. The lowest BCUT2D eigenvalue weighted by molar-refractivity contribution is 0.0969. The molecular formula is C31H24N8O5. The normalized spacial score (nSPS) is 15.1. The molecule has 44 heavy (non-hydrogen) atoms. The molecule has 13 nitrogen and oxygen atoms in total. The van der Waals surface area contributed by atoms with Crippen LogP contribution in [0.3, 0.4) is 0 Å². The highest BCUT2D eigenvalue weighted by Gasteiger charge is 2.26. The first kappa shape index (κ1) is 25.0. The summed E-state index contributed by atoms with van der Waals surface area (Å²) >= 11 is 0. The largest absolute Gasteiger partial charge is 0.493 e. The molecule has 9 aliphatic rings. The first-order valence-electron chi connectivity index (χ1n) is 14.2. The number of aromatic nitrogens is 7. The van der Waals surface area contributed by atoms with E-state index in [9.17, 15) is 0 Å². The number of fused-ring (bicyclic) bond motifs is 2. The molecule has 1 N–H and O–H groups in total. The van der Waals surface area contributed by atoms with E-state index in [0.717, 1.165) is 62.3 Å².